The van der Waals surface area contributed by atoms with Crippen molar-refractivity contribution in [2.24, 2.45) is 5.16 Å². The van der Waals surface area contributed by atoms with E-state index in [1.165, 1.54) is 57.7 Å². The van der Waals surface area contributed by atoms with Crippen molar-refractivity contribution in [3.8, 4) is 0 Å². The van der Waals surface area contributed by atoms with Crippen LogP contribution in [0, 0.1) is 0 Å². The first-order valence-corrected chi connectivity index (χ1v) is 11.9. The standard InChI is InChI=1S/C27H30F4N2O5/c1-17(32-38-4)20-14-18(10-11-19(20)23(34)37-3)33(2)24(35)26(36,16-28)15-25(12-7-13-25)21-8-5-6-9-22(21)27(29,30)31/h5-6,8-11,14,36H,7,12-13,15-16H2,1-4H3. The van der Waals surface area contributed by atoms with E-state index in [1.807, 2.05) is 0 Å². The predicted octanol–water partition coefficient (Wildman–Crippen LogP) is 5.04. The van der Waals surface area contributed by atoms with E-state index in [-0.39, 0.29) is 40.9 Å². The van der Waals surface area contributed by atoms with Crippen LogP contribution in [0.25, 0.3) is 0 Å². The Labute approximate surface area is 218 Å². The fourth-order valence-electron chi connectivity index (χ4n) is 5.02. The third kappa shape index (κ3) is 5.52. The maximum atomic E-state index is 14.4. The molecule has 206 valence electrons. The minimum Gasteiger partial charge on any atom is -0.465 e. The summed E-state index contributed by atoms with van der Waals surface area (Å²) in [5, 5.41) is 15.1. The number of likely N-dealkylation sites (N-methyl/N-ethyl adjacent to an activating group) is 1. The lowest BCUT2D eigenvalue weighted by atomic mass is 9.58. The Hall–Kier alpha value is -3.47. The van der Waals surface area contributed by atoms with Gasteiger partial charge in [0, 0.05) is 18.3 Å². The van der Waals surface area contributed by atoms with E-state index < -0.39 is 47.7 Å². The minimum absolute atomic E-state index is 0.0582. The summed E-state index contributed by atoms with van der Waals surface area (Å²) < 4.78 is 60.5. The van der Waals surface area contributed by atoms with Crippen LogP contribution in [0.2, 0.25) is 0 Å². The Bertz CT molecular complexity index is 1230. The SMILES string of the molecule is CON=C(C)c1cc(N(C)C(=O)C(O)(CF)CC2(c3ccccc3C(F)(F)F)CCC2)ccc1C(=O)OC. The van der Waals surface area contributed by atoms with Crippen molar-refractivity contribution in [2.75, 3.05) is 32.8 Å². The average Bonchev–Trinajstić information content (AvgIpc) is 2.88. The molecule has 1 saturated carbocycles. The minimum atomic E-state index is -4.65. The Morgan fingerprint density at radius 3 is 2.29 bits per heavy atom. The fourth-order valence-corrected chi connectivity index (χ4v) is 5.02. The zero-order chi connectivity index (χ0) is 28.3. The highest BCUT2D eigenvalue weighted by molar-refractivity contribution is 6.09. The van der Waals surface area contributed by atoms with Crippen molar-refractivity contribution in [2.45, 2.75) is 49.8 Å². The van der Waals surface area contributed by atoms with Crippen LogP contribution in [0.3, 0.4) is 0 Å². The van der Waals surface area contributed by atoms with Gasteiger partial charge in [-0.3, -0.25) is 4.79 Å². The summed E-state index contributed by atoms with van der Waals surface area (Å²) >= 11 is 0. The van der Waals surface area contributed by atoms with Gasteiger partial charge in [-0.05, 0) is 61.4 Å². The van der Waals surface area contributed by atoms with E-state index >= 15 is 0 Å². The molecule has 1 atom stereocenters. The van der Waals surface area contributed by atoms with E-state index in [4.69, 9.17) is 9.57 Å². The molecule has 1 fully saturated rings. The highest BCUT2D eigenvalue weighted by atomic mass is 19.4. The molecule has 1 aliphatic rings. The molecule has 0 saturated heterocycles. The van der Waals surface area contributed by atoms with E-state index in [9.17, 15) is 32.3 Å². The molecule has 2 aromatic rings. The molecule has 38 heavy (non-hydrogen) atoms. The van der Waals surface area contributed by atoms with Gasteiger partial charge in [-0.1, -0.05) is 29.8 Å². The highest BCUT2D eigenvalue weighted by Gasteiger charge is 2.52. The number of carbonyl (C=O) groups is 2. The molecule has 0 aliphatic heterocycles. The summed E-state index contributed by atoms with van der Waals surface area (Å²) in [6.07, 6.45) is -4.06. The summed E-state index contributed by atoms with van der Waals surface area (Å²) in [7, 11) is 3.82. The number of hydrogen-bond acceptors (Lipinski definition) is 6. The number of rotatable bonds is 9. The van der Waals surface area contributed by atoms with Crippen molar-refractivity contribution in [1.82, 2.24) is 0 Å². The lowest BCUT2D eigenvalue weighted by Gasteiger charge is -2.47. The van der Waals surface area contributed by atoms with Crippen LogP contribution in [-0.4, -0.2) is 56.2 Å². The van der Waals surface area contributed by atoms with Gasteiger partial charge in [-0.15, -0.1) is 0 Å². The number of benzene rings is 2. The number of oxime groups is 1. The number of methoxy groups -OCH3 is 1. The second-order valence-electron chi connectivity index (χ2n) is 9.46. The molecule has 11 heteroatoms. The zero-order valence-corrected chi connectivity index (χ0v) is 21.6. The van der Waals surface area contributed by atoms with Crippen molar-refractivity contribution >= 4 is 23.3 Å². The van der Waals surface area contributed by atoms with Gasteiger partial charge >= 0.3 is 12.1 Å². The summed E-state index contributed by atoms with van der Waals surface area (Å²) in [5.41, 5.74) is -3.85. The van der Waals surface area contributed by atoms with E-state index in [1.54, 1.807) is 6.92 Å². The zero-order valence-electron chi connectivity index (χ0n) is 21.6. The molecule has 0 bridgehead atoms. The lowest BCUT2D eigenvalue weighted by Crippen LogP contribution is -2.55. The fraction of sp³-hybridized carbons (Fsp3) is 0.444. The smallest absolute Gasteiger partial charge is 0.416 e. The molecule has 7 nitrogen and oxygen atoms in total. The summed E-state index contributed by atoms with van der Waals surface area (Å²) in [6.45, 7) is 0.0661. The third-order valence-electron chi connectivity index (χ3n) is 7.08. The quantitative estimate of drug-likeness (QED) is 0.209. The summed E-state index contributed by atoms with van der Waals surface area (Å²) in [5.74, 6) is -1.70. The van der Waals surface area contributed by atoms with Gasteiger partial charge in [0.25, 0.3) is 5.91 Å². The van der Waals surface area contributed by atoms with Gasteiger partial charge in [0.05, 0.1) is 23.9 Å². The van der Waals surface area contributed by atoms with Gasteiger partial charge in [0.1, 0.15) is 13.8 Å². The van der Waals surface area contributed by atoms with Crippen LogP contribution < -0.4 is 4.90 Å². The van der Waals surface area contributed by atoms with Gasteiger partial charge in [0.2, 0.25) is 0 Å². The molecule has 0 heterocycles. The van der Waals surface area contributed by atoms with Crippen LogP contribution in [-0.2, 0) is 26.0 Å². The maximum absolute atomic E-state index is 14.4. The number of ether oxygens (including phenoxy) is 1. The number of nitrogens with zero attached hydrogens (tertiary/aromatic N) is 2. The first-order valence-electron chi connectivity index (χ1n) is 11.9. The Balaban J connectivity index is 2.00. The number of halogens is 4. The van der Waals surface area contributed by atoms with Gasteiger partial charge in [0.15, 0.2) is 5.60 Å². The highest BCUT2D eigenvalue weighted by Crippen LogP contribution is 2.52. The molecule has 3 rings (SSSR count). The monoisotopic (exact) mass is 538 g/mol. The summed E-state index contributed by atoms with van der Waals surface area (Å²) in [4.78, 5) is 31.5. The van der Waals surface area contributed by atoms with Crippen LogP contribution in [0.5, 0.6) is 0 Å². The number of esters is 1. The lowest BCUT2D eigenvalue weighted by molar-refractivity contribution is -0.144. The van der Waals surface area contributed by atoms with Crippen LogP contribution in [0.1, 0.15) is 59.7 Å². The first-order chi connectivity index (χ1) is 17.8. The molecular formula is C27H30F4N2O5. The largest absolute Gasteiger partial charge is 0.465 e. The van der Waals surface area contributed by atoms with Gasteiger partial charge in [-0.25, -0.2) is 9.18 Å². The molecule has 1 unspecified atom stereocenters. The van der Waals surface area contributed by atoms with E-state index in [0.29, 0.717) is 6.42 Å². The van der Waals surface area contributed by atoms with Crippen molar-refractivity contribution in [3.63, 3.8) is 0 Å². The topological polar surface area (TPSA) is 88.4 Å². The predicted molar refractivity (Wildman–Crippen MR) is 133 cm³/mol. The number of anilines is 1. The second-order valence-corrected chi connectivity index (χ2v) is 9.46. The molecule has 1 N–H and O–H groups in total. The second kappa shape index (κ2) is 11.1. The Morgan fingerprint density at radius 1 is 1.11 bits per heavy atom. The van der Waals surface area contributed by atoms with Crippen LogP contribution >= 0.6 is 0 Å². The number of amides is 1. The van der Waals surface area contributed by atoms with Crippen LogP contribution in [0.4, 0.5) is 23.2 Å². The third-order valence-corrected chi connectivity index (χ3v) is 7.08. The average molecular weight is 539 g/mol. The molecule has 2 aromatic carbocycles. The molecule has 0 spiro atoms. The van der Waals surface area contributed by atoms with Crippen molar-refractivity contribution in [3.05, 3.63) is 64.7 Å². The van der Waals surface area contributed by atoms with Gasteiger partial charge in [-0.2, -0.15) is 13.2 Å². The molecule has 0 radical (unpaired) electrons. The molecule has 1 amide bonds. The van der Waals surface area contributed by atoms with Crippen molar-refractivity contribution in [1.29, 1.82) is 0 Å². The maximum Gasteiger partial charge on any atom is 0.416 e. The normalized spacial score (nSPS) is 16.7. The Morgan fingerprint density at radius 2 is 1.76 bits per heavy atom. The van der Waals surface area contributed by atoms with E-state index in [0.717, 1.165) is 11.0 Å². The molecular weight excluding hydrogens is 508 g/mol. The number of carbonyl (C=O) groups excluding carboxylic acids is 2. The molecule has 1 aliphatic carbocycles. The van der Waals surface area contributed by atoms with E-state index in [2.05, 4.69) is 5.16 Å². The first kappa shape index (κ1) is 29.1. The van der Waals surface area contributed by atoms with Crippen molar-refractivity contribution < 1.29 is 41.8 Å². The number of alkyl halides is 4. The molecule has 0 aromatic heterocycles. The number of aliphatic hydroxyl groups is 1. The van der Waals surface area contributed by atoms with Gasteiger partial charge < -0.3 is 19.6 Å². The number of hydrogen-bond donors (Lipinski definition) is 1. The summed E-state index contributed by atoms with van der Waals surface area (Å²) in [6, 6.07) is 9.22. The van der Waals surface area contributed by atoms with Crippen LogP contribution in [0.15, 0.2) is 47.6 Å². The Kier molecular flexibility index (Phi) is 8.50.